The molecule has 0 radical (unpaired) electrons. The molecular weight excluding hydrogens is 278 g/mol. The summed E-state index contributed by atoms with van der Waals surface area (Å²) in [4.78, 5) is 25.4. The molecule has 2 aromatic rings. The number of carbonyl (C=O) groups excluding carboxylic acids is 2. The molecule has 0 heterocycles. The number of esters is 1. The molecule has 0 aromatic heterocycles. The van der Waals surface area contributed by atoms with Crippen LogP contribution in [-0.2, 0) is 4.74 Å². The SMILES string of the molecule is COC(=O)c1cc(N(C)C)c(C=O)cc1-c1ccccc1C. The van der Waals surface area contributed by atoms with Crippen LogP contribution in [0.4, 0.5) is 5.69 Å². The fourth-order valence-electron chi connectivity index (χ4n) is 2.46. The van der Waals surface area contributed by atoms with Crippen LogP contribution in [0.5, 0.6) is 0 Å². The van der Waals surface area contributed by atoms with Gasteiger partial charge in [-0.3, -0.25) is 4.79 Å². The molecule has 2 aromatic carbocycles. The fraction of sp³-hybridized carbons (Fsp3) is 0.222. The Hall–Kier alpha value is -2.62. The molecule has 0 aliphatic carbocycles. The van der Waals surface area contributed by atoms with Gasteiger partial charge in [-0.2, -0.15) is 0 Å². The first-order valence-corrected chi connectivity index (χ1v) is 6.94. The standard InChI is InChI=1S/C18H19NO3/c1-12-7-5-6-8-14(12)15-9-13(11-20)17(19(2)3)10-16(15)18(21)22-4/h5-11H,1-4H3. The number of rotatable bonds is 4. The number of ether oxygens (including phenoxy) is 1. The zero-order chi connectivity index (χ0) is 16.3. The second-order valence-electron chi connectivity index (χ2n) is 5.28. The summed E-state index contributed by atoms with van der Waals surface area (Å²) in [7, 11) is 5.01. The highest BCUT2D eigenvalue weighted by molar-refractivity contribution is 6.01. The fourth-order valence-corrected chi connectivity index (χ4v) is 2.46. The minimum absolute atomic E-state index is 0.418. The molecule has 0 unspecified atom stereocenters. The molecule has 0 saturated carbocycles. The lowest BCUT2D eigenvalue weighted by Crippen LogP contribution is -2.14. The van der Waals surface area contributed by atoms with Crippen molar-refractivity contribution >= 4 is 17.9 Å². The minimum atomic E-state index is -0.418. The largest absolute Gasteiger partial charge is 0.465 e. The third-order valence-electron chi connectivity index (χ3n) is 3.62. The lowest BCUT2D eigenvalue weighted by atomic mass is 9.93. The van der Waals surface area contributed by atoms with E-state index in [0.29, 0.717) is 22.4 Å². The van der Waals surface area contributed by atoms with E-state index in [2.05, 4.69) is 0 Å². The van der Waals surface area contributed by atoms with E-state index in [1.807, 2.05) is 45.3 Å². The summed E-state index contributed by atoms with van der Waals surface area (Å²) >= 11 is 0. The van der Waals surface area contributed by atoms with Gasteiger partial charge in [-0.15, -0.1) is 0 Å². The molecule has 0 aliphatic heterocycles. The van der Waals surface area contributed by atoms with E-state index in [4.69, 9.17) is 4.74 Å². The summed E-state index contributed by atoms with van der Waals surface area (Å²) in [6, 6.07) is 11.2. The van der Waals surface area contributed by atoms with Gasteiger partial charge < -0.3 is 9.64 Å². The highest BCUT2D eigenvalue weighted by Gasteiger charge is 2.19. The molecule has 0 N–H and O–H groups in total. The lowest BCUT2D eigenvalue weighted by Gasteiger charge is -2.19. The van der Waals surface area contributed by atoms with Crippen LogP contribution in [0.2, 0.25) is 0 Å². The van der Waals surface area contributed by atoms with E-state index < -0.39 is 5.97 Å². The normalized spacial score (nSPS) is 10.2. The third kappa shape index (κ3) is 2.86. The Bertz CT molecular complexity index is 720. The van der Waals surface area contributed by atoms with Crippen molar-refractivity contribution in [3.05, 3.63) is 53.1 Å². The zero-order valence-electron chi connectivity index (χ0n) is 13.2. The maximum absolute atomic E-state index is 12.2. The molecule has 0 amide bonds. The van der Waals surface area contributed by atoms with Crippen LogP contribution in [0.3, 0.4) is 0 Å². The molecule has 0 saturated heterocycles. The summed E-state index contributed by atoms with van der Waals surface area (Å²) in [6.45, 7) is 1.97. The number of methoxy groups -OCH3 is 1. The average Bonchev–Trinajstić information content (AvgIpc) is 2.53. The van der Waals surface area contributed by atoms with Crippen molar-refractivity contribution in [2.45, 2.75) is 6.92 Å². The van der Waals surface area contributed by atoms with Gasteiger partial charge in [-0.1, -0.05) is 24.3 Å². The second kappa shape index (κ2) is 6.43. The summed E-state index contributed by atoms with van der Waals surface area (Å²) in [6.07, 6.45) is 0.804. The van der Waals surface area contributed by atoms with Crippen LogP contribution in [0, 0.1) is 6.92 Å². The summed E-state index contributed by atoms with van der Waals surface area (Å²) in [5.74, 6) is -0.418. The van der Waals surface area contributed by atoms with Crippen molar-refractivity contribution in [3.63, 3.8) is 0 Å². The monoisotopic (exact) mass is 297 g/mol. The quantitative estimate of drug-likeness (QED) is 0.641. The number of carbonyl (C=O) groups is 2. The summed E-state index contributed by atoms with van der Waals surface area (Å²) in [5, 5.41) is 0. The molecule has 22 heavy (non-hydrogen) atoms. The van der Waals surface area contributed by atoms with E-state index >= 15 is 0 Å². The Labute approximate surface area is 130 Å². The molecule has 0 bridgehead atoms. The Morgan fingerprint density at radius 1 is 1.14 bits per heavy atom. The molecule has 0 fully saturated rings. The van der Waals surface area contributed by atoms with Crippen molar-refractivity contribution in [1.82, 2.24) is 0 Å². The number of hydrogen-bond donors (Lipinski definition) is 0. The van der Waals surface area contributed by atoms with E-state index in [1.54, 1.807) is 17.0 Å². The zero-order valence-corrected chi connectivity index (χ0v) is 13.2. The number of nitrogens with zero attached hydrogens (tertiary/aromatic N) is 1. The highest BCUT2D eigenvalue weighted by atomic mass is 16.5. The molecule has 114 valence electrons. The predicted octanol–water partition coefficient (Wildman–Crippen LogP) is 3.33. The van der Waals surface area contributed by atoms with Crippen LogP contribution in [0.15, 0.2) is 36.4 Å². The molecule has 2 rings (SSSR count). The number of aryl methyl sites for hydroxylation is 1. The van der Waals surface area contributed by atoms with Crippen LogP contribution in [-0.4, -0.2) is 33.5 Å². The van der Waals surface area contributed by atoms with Crippen LogP contribution in [0.1, 0.15) is 26.3 Å². The first-order chi connectivity index (χ1) is 10.5. The predicted molar refractivity (Wildman–Crippen MR) is 87.7 cm³/mol. The van der Waals surface area contributed by atoms with E-state index in [1.165, 1.54) is 7.11 Å². The van der Waals surface area contributed by atoms with Gasteiger partial charge >= 0.3 is 5.97 Å². The van der Waals surface area contributed by atoms with Gasteiger partial charge in [0, 0.05) is 25.3 Å². The molecular formula is C18H19NO3. The van der Waals surface area contributed by atoms with E-state index in [9.17, 15) is 9.59 Å². The summed E-state index contributed by atoms with van der Waals surface area (Å²) < 4.78 is 4.90. The number of hydrogen-bond acceptors (Lipinski definition) is 4. The van der Waals surface area contributed by atoms with E-state index in [-0.39, 0.29) is 0 Å². The molecule has 0 atom stereocenters. The number of anilines is 1. The first-order valence-electron chi connectivity index (χ1n) is 6.94. The summed E-state index contributed by atoms with van der Waals surface area (Å²) in [5.41, 5.74) is 4.32. The molecule has 4 heteroatoms. The first kappa shape index (κ1) is 15.8. The number of aldehydes is 1. The van der Waals surface area contributed by atoms with Crippen molar-refractivity contribution in [1.29, 1.82) is 0 Å². The van der Waals surface area contributed by atoms with Gasteiger partial charge in [0.25, 0.3) is 0 Å². The van der Waals surface area contributed by atoms with Crippen LogP contribution < -0.4 is 4.90 Å². The molecule has 4 nitrogen and oxygen atoms in total. The topological polar surface area (TPSA) is 46.6 Å². The Kier molecular flexibility index (Phi) is 4.61. The second-order valence-corrected chi connectivity index (χ2v) is 5.28. The Balaban J connectivity index is 2.79. The van der Waals surface area contributed by atoms with Gasteiger partial charge in [0.15, 0.2) is 6.29 Å². The number of benzene rings is 2. The van der Waals surface area contributed by atoms with Crippen LogP contribution >= 0.6 is 0 Å². The van der Waals surface area contributed by atoms with Crippen molar-refractivity contribution < 1.29 is 14.3 Å². The van der Waals surface area contributed by atoms with Gasteiger partial charge in [-0.05, 0) is 35.7 Å². The van der Waals surface area contributed by atoms with Crippen molar-refractivity contribution in [2.24, 2.45) is 0 Å². The third-order valence-corrected chi connectivity index (χ3v) is 3.62. The van der Waals surface area contributed by atoms with E-state index in [0.717, 1.165) is 17.4 Å². The maximum Gasteiger partial charge on any atom is 0.338 e. The van der Waals surface area contributed by atoms with Crippen molar-refractivity contribution in [3.8, 4) is 11.1 Å². The van der Waals surface area contributed by atoms with Gasteiger partial charge in [-0.25, -0.2) is 4.79 Å². The lowest BCUT2D eigenvalue weighted by molar-refractivity contribution is 0.0601. The average molecular weight is 297 g/mol. The Morgan fingerprint density at radius 3 is 2.36 bits per heavy atom. The maximum atomic E-state index is 12.2. The van der Waals surface area contributed by atoms with Gasteiger partial charge in [0.05, 0.1) is 12.7 Å². The minimum Gasteiger partial charge on any atom is -0.465 e. The molecule has 0 spiro atoms. The smallest absolute Gasteiger partial charge is 0.338 e. The van der Waals surface area contributed by atoms with Crippen LogP contribution in [0.25, 0.3) is 11.1 Å². The van der Waals surface area contributed by atoms with Gasteiger partial charge in [0.2, 0.25) is 0 Å². The molecule has 0 aliphatic rings. The highest BCUT2D eigenvalue weighted by Crippen LogP contribution is 2.32. The van der Waals surface area contributed by atoms with Crippen molar-refractivity contribution in [2.75, 3.05) is 26.1 Å². The Morgan fingerprint density at radius 2 is 1.82 bits per heavy atom. The van der Waals surface area contributed by atoms with Gasteiger partial charge in [0.1, 0.15) is 0 Å².